The third-order valence-corrected chi connectivity index (χ3v) is 21.3. The number of amides is 6. The Bertz CT molecular complexity index is 3020. The van der Waals surface area contributed by atoms with Crippen molar-refractivity contribution in [1.29, 1.82) is 0 Å². The first-order valence-corrected chi connectivity index (χ1v) is 41.1. The summed E-state index contributed by atoms with van der Waals surface area (Å²) >= 11 is 0. The van der Waals surface area contributed by atoms with Crippen LogP contribution in [0.15, 0.2) is 0 Å². The van der Waals surface area contributed by atoms with Crippen molar-refractivity contribution in [2.75, 3.05) is 133 Å². The lowest BCUT2D eigenvalue weighted by atomic mass is 9.92. The molecule has 42 nitrogen and oxygen atoms in total. The van der Waals surface area contributed by atoms with Crippen LogP contribution >= 0.6 is 0 Å². The number of carbonyl (C=O) groups excluding carboxylic acids is 10. The normalized spacial score (nSPS) is 30.3. The molecule has 686 valence electrons. The van der Waals surface area contributed by atoms with E-state index in [-0.39, 0.29) is 199 Å². The number of Topliss-reactive ketones (excluding diaryl/α,β-unsaturated/α-hetero) is 4. The summed E-state index contributed by atoms with van der Waals surface area (Å²) in [6, 6.07) is -5.20. The molecule has 42 heteroatoms. The molecule has 5 rings (SSSR count). The average molecular weight is 1720 g/mol. The van der Waals surface area contributed by atoms with Crippen molar-refractivity contribution in [1.82, 2.24) is 31.9 Å². The molecule has 26 atom stereocenters. The molecule has 1 saturated carbocycles. The van der Waals surface area contributed by atoms with E-state index in [1.54, 1.807) is 21.0 Å². The van der Waals surface area contributed by atoms with Gasteiger partial charge in [0.15, 0.2) is 30.9 Å². The molecule has 0 bridgehead atoms. The van der Waals surface area contributed by atoms with Crippen LogP contribution in [0.4, 0.5) is 0 Å². The van der Waals surface area contributed by atoms with Crippen molar-refractivity contribution in [2.24, 2.45) is 29.6 Å². The van der Waals surface area contributed by atoms with Crippen LogP contribution in [0.5, 0.6) is 0 Å². The molecular formula is C77H132N6O36. The van der Waals surface area contributed by atoms with Crippen LogP contribution < -0.4 is 31.9 Å². The first kappa shape index (κ1) is 104. The highest BCUT2D eigenvalue weighted by atomic mass is 16.7. The lowest BCUT2D eigenvalue weighted by Gasteiger charge is -2.42. The molecule has 1 aliphatic carbocycles. The van der Waals surface area contributed by atoms with Gasteiger partial charge < -0.3 is 160 Å². The minimum absolute atomic E-state index is 0.00489. The second-order valence-electron chi connectivity index (χ2n) is 30.7. The lowest BCUT2D eigenvalue weighted by Crippen LogP contribution is -2.64. The lowest BCUT2D eigenvalue weighted by molar-refractivity contribution is -0.284. The van der Waals surface area contributed by atoms with Crippen LogP contribution in [-0.4, -0.2) is 386 Å². The van der Waals surface area contributed by atoms with Crippen LogP contribution in [0.25, 0.3) is 0 Å². The Morgan fingerprint density at radius 2 is 0.840 bits per heavy atom. The standard InChI is InChI=1S/C77H132N6O36/c1-42-64(97)66(99)56(37-84)116-74(42)112-29-25-108-21-7-11-49(90)14-15-53(73(106)79-20-24-111-27-30-113-75-43(2)65(98)67(100)57(38-85)117-75)83-72(105)47(35-50(91)9-6-10-51(92)36-48-33-46(41-107-5)34-55(48)94)13-17-61(96)82-52(54(93)12-8-22-109-26-31-114-76-62(80-44(3)88)70(103)68(101)58(39-86)118-76)16-18-60(95)78-19-23-110-28-32-115-77-63(81-45(4)89)71(104)69(102)59(40-87)119-77/h42-43,46-48,52-53,55-59,62-71,74-77,84-87,94,97-104H,6-41H2,1-5H3,(H,78,95)(H,79,106)(H,80,88)(H,81,89)(H,82,96)(H,83,105)/t42-,43-,46?,47+,48?,52-,53-,55?,56-,57-,58-,59-,62-,63-,64-,65-,66+,67+,68+,69+,70-,71-,74?,75?,76?,77?/m1/s1. The van der Waals surface area contributed by atoms with Gasteiger partial charge in [-0.2, -0.15) is 0 Å². The van der Waals surface area contributed by atoms with Gasteiger partial charge in [0.2, 0.25) is 35.4 Å². The van der Waals surface area contributed by atoms with Gasteiger partial charge in [0, 0.05) is 129 Å². The summed E-state index contributed by atoms with van der Waals surface area (Å²) in [5, 5.41) is 148. The topological polar surface area (TPSA) is 626 Å². The van der Waals surface area contributed by atoms with Gasteiger partial charge >= 0.3 is 0 Å². The van der Waals surface area contributed by atoms with Gasteiger partial charge in [-0.1, -0.05) is 13.8 Å². The fourth-order valence-corrected chi connectivity index (χ4v) is 14.5. The van der Waals surface area contributed by atoms with Gasteiger partial charge in [0.1, 0.15) is 96.5 Å². The molecule has 0 radical (unpaired) electrons. The number of methoxy groups -OCH3 is 1. The van der Waals surface area contributed by atoms with E-state index < -0.39 is 233 Å². The number of hydrogen-bond acceptors (Lipinski definition) is 36. The zero-order valence-corrected chi connectivity index (χ0v) is 68.7. The second kappa shape index (κ2) is 56.4. The maximum atomic E-state index is 14.8. The summed E-state index contributed by atoms with van der Waals surface area (Å²) in [5.41, 5.74) is 0. The molecule has 5 fully saturated rings. The molecule has 4 heterocycles. The fraction of sp³-hybridized carbons (Fsp3) is 0.870. The average Bonchev–Trinajstić information content (AvgIpc) is 1.33. The van der Waals surface area contributed by atoms with Crippen LogP contribution in [-0.2, 0) is 110 Å². The van der Waals surface area contributed by atoms with Crippen molar-refractivity contribution >= 4 is 58.6 Å². The smallest absolute Gasteiger partial charge is 0.242 e. The maximum Gasteiger partial charge on any atom is 0.242 e. The summed E-state index contributed by atoms with van der Waals surface area (Å²) < 4.78 is 72.9. The molecule has 7 unspecified atom stereocenters. The third-order valence-electron chi connectivity index (χ3n) is 21.3. The molecule has 5 aliphatic rings. The zero-order chi connectivity index (χ0) is 87.7. The molecule has 4 aliphatic heterocycles. The van der Waals surface area contributed by atoms with Crippen LogP contribution in [0.3, 0.4) is 0 Å². The van der Waals surface area contributed by atoms with Crippen molar-refractivity contribution in [2.45, 2.75) is 266 Å². The van der Waals surface area contributed by atoms with E-state index in [0.29, 0.717) is 19.4 Å². The number of aliphatic hydroxyl groups excluding tert-OH is 13. The summed E-state index contributed by atoms with van der Waals surface area (Å²) in [6.45, 7) is 2.48. The van der Waals surface area contributed by atoms with E-state index in [9.17, 15) is 114 Å². The van der Waals surface area contributed by atoms with Gasteiger partial charge in [-0.25, -0.2) is 0 Å². The minimum atomic E-state index is -1.57. The van der Waals surface area contributed by atoms with Crippen molar-refractivity contribution < 1.29 is 176 Å². The number of ketones is 4. The SMILES string of the molecule is COCC1CC(O)C(CC(=O)CCCC(=O)C[C@H](CCC(=O)N[C@H](CCC(=O)NCCOCCOC2O[C@H](CO)[C@H](O)[C@H](O)[C@H]2NC(C)=O)C(=O)CCCOCCOC2O[C@H](CO)[C@H](O)[C@H](O)[C@H]2NC(C)=O)C(=O)N[C@H](CCC(=O)CCCOCCOC2O[C@H](CO)[C@H](O)[C@H](O)[C@H]2C)C(=O)NCCOCCOC2O[C@H](CO)[C@H](O)[C@H](O)[C@H]2C)C1. The minimum Gasteiger partial charge on any atom is -0.394 e. The third kappa shape index (κ3) is 36.3. The molecular weight excluding hydrogens is 1580 g/mol. The van der Waals surface area contributed by atoms with Crippen molar-refractivity contribution in [3.63, 3.8) is 0 Å². The van der Waals surface area contributed by atoms with Gasteiger partial charge in [-0.15, -0.1) is 0 Å². The van der Waals surface area contributed by atoms with Gasteiger partial charge in [0.05, 0.1) is 117 Å². The Balaban J connectivity index is 1.27. The Morgan fingerprint density at radius 3 is 1.33 bits per heavy atom. The van der Waals surface area contributed by atoms with E-state index in [1.165, 1.54) is 13.8 Å². The Morgan fingerprint density at radius 1 is 0.412 bits per heavy atom. The first-order chi connectivity index (χ1) is 56.9. The van der Waals surface area contributed by atoms with Crippen LogP contribution in [0, 0.1) is 29.6 Å². The summed E-state index contributed by atoms with van der Waals surface area (Å²) in [6.07, 6.45) is -22.8. The monoisotopic (exact) mass is 1720 g/mol. The van der Waals surface area contributed by atoms with Gasteiger partial charge in [-0.05, 0) is 63.2 Å². The molecule has 119 heavy (non-hydrogen) atoms. The highest BCUT2D eigenvalue weighted by Crippen LogP contribution is 2.35. The predicted molar refractivity (Wildman–Crippen MR) is 408 cm³/mol. The number of ether oxygens (including phenoxy) is 13. The van der Waals surface area contributed by atoms with E-state index in [1.807, 2.05) is 0 Å². The van der Waals surface area contributed by atoms with E-state index in [2.05, 4.69) is 31.9 Å². The molecule has 0 aromatic heterocycles. The molecule has 19 N–H and O–H groups in total. The quantitative estimate of drug-likeness (QED) is 0.0252. The van der Waals surface area contributed by atoms with Crippen molar-refractivity contribution in [3.8, 4) is 0 Å². The van der Waals surface area contributed by atoms with E-state index in [4.69, 9.17) is 61.6 Å². The molecule has 0 spiro atoms. The molecule has 6 amide bonds. The summed E-state index contributed by atoms with van der Waals surface area (Å²) in [5.74, 6) is -8.63. The Labute approximate surface area is 691 Å². The zero-order valence-electron chi connectivity index (χ0n) is 68.7. The number of hydrogen-bond donors (Lipinski definition) is 19. The largest absolute Gasteiger partial charge is 0.394 e. The van der Waals surface area contributed by atoms with Crippen LogP contribution in [0.2, 0.25) is 0 Å². The highest BCUT2D eigenvalue weighted by molar-refractivity contribution is 5.93. The number of aliphatic hydroxyl groups is 13. The number of carbonyl (C=O) groups is 10. The Kier molecular flexibility index (Phi) is 49.3. The second-order valence-corrected chi connectivity index (χ2v) is 30.7. The van der Waals surface area contributed by atoms with Crippen LogP contribution in [0.1, 0.15) is 137 Å². The highest BCUT2D eigenvalue weighted by Gasteiger charge is 2.48. The van der Waals surface area contributed by atoms with Gasteiger partial charge in [0.25, 0.3) is 0 Å². The predicted octanol–water partition coefficient (Wildman–Crippen LogP) is -6.86. The fourth-order valence-electron chi connectivity index (χ4n) is 14.5. The first-order valence-electron chi connectivity index (χ1n) is 41.1. The van der Waals surface area contributed by atoms with Crippen molar-refractivity contribution in [3.05, 3.63) is 0 Å². The summed E-state index contributed by atoms with van der Waals surface area (Å²) in [7, 11) is 1.55. The van der Waals surface area contributed by atoms with Gasteiger partial charge in [-0.3, -0.25) is 47.9 Å². The molecule has 4 saturated heterocycles. The molecule has 0 aromatic rings. The number of nitrogens with one attached hydrogen (secondary N) is 6. The van der Waals surface area contributed by atoms with E-state index in [0.717, 1.165) is 0 Å². The molecule has 0 aromatic carbocycles. The summed E-state index contributed by atoms with van der Waals surface area (Å²) in [4.78, 5) is 135. The maximum absolute atomic E-state index is 14.8. The van der Waals surface area contributed by atoms with E-state index >= 15 is 0 Å². The number of rotatable bonds is 60. The Hall–Kier alpha value is -5.54.